The van der Waals surface area contributed by atoms with Gasteiger partial charge in [0.2, 0.25) is 0 Å². The Hall–Kier alpha value is -1.89. The number of amides is 1. The van der Waals surface area contributed by atoms with Crippen molar-refractivity contribution >= 4 is 18.3 Å². The van der Waals surface area contributed by atoms with Gasteiger partial charge in [0.1, 0.15) is 0 Å². The third kappa shape index (κ3) is 2.73. The van der Waals surface area contributed by atoms with Crippen molar-refractivity contribution in [1.82, 2.24) is 20.4 Å². The molecule has 3 aliphatic rings. The lowest BCUT2D eigenvalue weighted by molar-refractivity contribution is 0.0695. The standard InChI is InChI=1S/C19H22N4O2.ClH/c24-19(17-15-11-25-7-6-16(15)21-22-17)23-10-13-8-20-9-14(13)18(23)12-4-2-1-3-5-12;/h1-5,13-14,18,20H,6-11H2,(H,21,22);1H/t13-,14-,18+;/m0./s1. The Labute approximate surface area is 158 Å². The van der Waals surface area contributed by atoms with Crippen LogP contribution >= 0.6 is 12.4 Å². The van der Waals surface area contributed by atoms with Gasteiger partial charge in [-0.15, -0.1) is 12.4 Å². The number of H-pyrrole nitrogens is 1. The van der Waals surface area contributed by atoms with E-state index in [1.54, 1.807) is 0 Å². The minimum atomic E-state index is 0. The van der Waals surface area contributed by atoms with Crippen LogP contribution in [0.4, 0.5) is 0 Å². The zero-order valence-electron chi connectivity index (χ0n) is 14.5. The number of rotatable bonds is 2. The monoisotopic (exact) mass is 374 g/mol. The highest BCUT2D eigenvalue weighted by Gasteiger charge is 2.47. The van der Waals surface area contributed by atoms with Gasteiger partial charge in [0.15, 0.2) is 5.69 Å². The zero-order chi connectivity index (χ0) is 16.8. The fourth-order valence-electron chi connectivity index (χ4n) is 4.63. The summed E-state index contributed by atoms with van der Waals surface area (Å²) >= 11 is 0. The lowest BCUT2D eigenvalue weighted by Crippen LogP contribution is -2.35. The molecule has 0 unspecified atom stereocenters. The fourth-order valence-corrected chi connectivity index (χ4v) is 4.63. The van der Waals surface area contributed by atoms with E-state index in [2.05, 4.69) is 39.8 Å². The molecule has 2 aromatic rings. The number of nitrogens with zero attached hydrogens (tertiary/aromatic N) is 2. The van der Waals surface area contributed by atoms with E-state index in [9.17, 15) is 4.79 Å². The van der Waals surface area contributed by atoms with Gasteiger partial charge in [-0.05, 0) is 11.5 Å². The third-order valence-corrected chi connectivity index (χ3v) is 5.86. The minimum absolute atomic E-state index is 0. The predicted octanol–water partition coefficient (Wildman–Crippen LogP) is 1.94. The van der Waals surface area contributed by atoms with Crippen LogP contribution in [0.2, 0.25) is 0 Å². The average Bonchev–Trinajstić information content (AvgIpc) is 3.35. The Bertz CT molecular complexity index is 794. The van der Waals surface area contributed by atoms with Crippen LogP contribution in [0.5, 0.6) is 0 Å². The number of aromatic amines is 1. The van der Waals surface area contributed by atoms with Crippen LogP contribution < -0.4 is 5.32 Å². The summed E-state index contributed by atoms with van der Waals surface area (Å²) < 4.78 is 5.55. The molecule has 3 atom stereocenters. The average molecular weight is 375 g/mol. The topological polar surface area (TPSA) is 70.2 Å². The highest BCUT2D eigenvalue weighted by atomic mass is 35.5. The van der Waals surface area contributed by atoms with Gasteiger partial charge < -0.3 is 15.0 Å². The first-order valence-electron chi connectivity index (χ1n) is 9.03. The summed E-state index contributed by atoms with van der Waals surface area (Å²) in [5.41, 5.74) is 3.75. The second kappa shape index (κ2) is 7.02. The Kier molecular flexibility index (Phi) is 4.73. The van der Waals surface area contributed by atoms with E-state index < -0.39 is 0 Å². The summed E-state index contributed by atoms with van der Waals surface area (Å²) in [4.78, 5) is 15.4. The summed E-state index contributed by atoms with van der Waals surface area (Å²) in [5, 5.41) is 10.9. The van der Waals surface area contributed by atoms with Crippen LogP contribution in [0.3, 0.4) is 0 Å². The van der Waals surface area contributed by atoms with Crippen LogP contribution in [-0.4, -0.2) is 47.2 Å². The molecule has 7 heteroatoms. The first kappa shape index (κ1) is 17.5. The van der Waals surface area contributed by atoms with Gasteiger partial charge >= 0.3 is 0 Å². The highest BCUT2D eigenvalue weighted by molar-refractivity contribution is 5.94. The first-order chi connectivity index (χ1) is 12.3. The molecule has 1 aromatic carbocycles. The zero-order valence-corrected chi connectivity index (χ0v) is 15.3. The number of aromatic nitrogens is 2. The van der Waals surface area contributed by atoms with Gasteiger partial charge in [-0.3, -0.25) is 9.89 Å². The summed E-state index contributed by atoms with van der Waals surface area (Å²) in [5.74, 6) is 1.02. The molecule has 0 radical (unpaired) electrons. The van der Waals surface area contributed by atoms with Crippen molar-refractivity contribution in [3.05, 3.63) is 52.8 Å². The number of likely N-dealkylation sites (tertiary alicyclic amines) is 1. The van der Waals surface area contributed by atoms with E-state index >= 15 is 0 Å². The largest absolute Gasteiger partial charge is 0.376 e. The van der Waals surface area contributed by atoms with Crippen LogP contribution in [0.1, 0.15) is 33.4 Å². The van der Waals surface area contributed by atoms with Gasteiger partial charge in [-0.1, -0.05) is 30.3 Å². The van der Waals surface area contributed by atoms with Crippen molar-refractivity contribution in [3.63, 3.8) is 0 Å². The summed E-state index contributed by atoms with van der Waals surface area (Å²) in [6.07, 6.45) is 0.799. The Morgan fingerprint density at radius 2 is 2.08 bits per heavy atom. The predicted molar refractivity (Wildman–Crippen MR) is 99.3 cm³/mol. The molecule has 0 spiro atoms. The SMILES string of the molecule is Cl.O=C(c1n[nH]c2c1COCC2)N1C[C@@H]2CNC[C@@H]2[C@H]1c1ccccc1. The lowest BCUT2D eigenvalue weighted by atomic mass is 9.89. The summed E-state index contributed by atoms with van der Waals surface area (Å²) in [7, 11) is 0. The van der Waals surface area contributed by atoms with Crippen molar-refractivity contribution in [2.45, 2.75) is 19.1 Å². The summed E-state index contributed by atoms with van der Waals surface area (Å²) in [6, 6.07) is 10.5. The number of carbonyl (C=O) groups excluding carboxylic acids is 1. The van der Waals surface area contributed by atoms with Crippen molar-refractivity contribution in [3.8, 4) is 0 Å². The van der Waals surface area contributed by atoms with E-state index in [0.29, 0.717) is 30.7 Å². The maximum absolute atomic E-state index is 13.4. The Balaban J connectivity index is 0.00000168. The van der Waals surface area contributed by atoms with Gasteiger partial charge in [-0.25, -0.2) is 0 Å². The van der Waals surface area contributed by atoms with Crippen molar-refractivity contribution < 1.29 is 9.53 Å². The molecule has 1 amide bonds. The molecule has 5 rings (SSSR count). The van der Waals surface area contributed by atoms with Crippen LogP contribution in [0.25, 0.3) is 0 Å². The number of hydrogen-bond acceptors (Lipinski definition) is 4. The molecule has 26 heavy (non-hydrogen) atoms. The fraction of sp³-hybridized carbons (Fsp3) is 0.474. The molecule has 0 saturated carbocycles. The molecule has 0 bridgehead atoms. The quantitative estimate of drug-likeness (QED) is 0.842. The number of carbonyl (C=O) groups is 1. The minimum Gasteiger partial charge on any atom is -0.376 e. The number of hydrogen-bond donors (Lipinski definition) is 2. The van der Waals surface area contributed by atoms with E-state index in [-0.39, 0.29) is 24.4 Å². The molecule has 0 aliphatic carbocycles. The first-order valence-corrected chi connectivity index (χ1v) is 9.03. The van der Waals surface area contributed by atoms with E-state index in [4.69, 9.17) is 4.74 Å². The molecular weight excluding hydrogens is 352 g/mol. The normalized spacial score (nSPS) is 26.9. The van der Waals surface area contributed by atoms with Gasteiger partial charge in [-0.2, -0.15) is 5.10 Å². The molecule has 2 fully saturated rings. The molecule has 2 N–H and O–H groups in total. The smallest absolute Gasteiger partial charge is 0.275 e. The highest BCUT2D eigenvalue weighted by Crippen LogP contribution is 2.43. The number of halogens is 1. The Morgan fingerprint density at radius 3 is 2.92 bits per heavy atom. The Morgan fingerprint density at radius 1 is 1.23 bits per heavy atom. The molecule has 4 heterocycles. The van der Waals surface area contributed by atoms with Gasteiger partial charge in [0.25, 0.3) is 5.91 Å². The van der Waals surface area contributed by atoms with Crippen LogP contribution in [0.15, 0.2) is 30.3 Å². The molecule has 138 valence electrons. The number of benzene rings is 1. The van der Waals surface area contributed by atoms with E-state index in [1.807, 2.05) is 11.0 Å². The lowest BCUT2D eigenvalue weighted by Gasteiger charge is -2.28. The van der Waals surface area contributed by atoms with E-state index in [0.717, 1.165) is 37.3 Å². The number of ether oxygens (including phenoxy) is 1. The number of fused-ring (bicyclic) bond motifs is 2. The maximum Gasteiger partial charge on any atom is 0.275 e. The molecule has 6 nitrogen and oxygen atoms in total. The van der Waals surface area contributed by atoms with Gasteiger partial charge in [0, 0.05) is 43.2 Å². The van der Waals surface area contributed by atoms with Crippen molar-refractivity contribution in [1.29, 1.82) is 0 Å². The molecule has 3 aliphatic heterocycles. The third-order valence-electron chi connectivity index (χ3n) is 5.86. The second-order valence-electron chi connectivity index (χ2n) is 7.23. The van der Waals surface area contributed by atoms with Crippen LogP contribution in [-0.2, 0) is 17.8 Å². The van der Waals surface area contributed by atoms with Crippen LogP contribution in [0, 0.1) is 11.8 Å². The molecular formula is C19H23ClN4O2. The van der Waals surface area contributed by atoms with Gasteiger partial charge in [0.05, 0.1) is 19.3 Å². The molecule has 2 saturated heterocycles. The van der Waals surface area contributed by atoms with Crippen molar-refractivity contribution in [2.75, 3.05) is 26.2 Å². The van der Waals surface area contributed by atoms with E-state index in [1.165, 1.54) is 5.56 Å². The number of nitrogens with one attached hydrogen (secondary N) is 2. The molecule has 1 aromatic heterocycles. The maximum atomic E-state index is 13.4. The van der Waals surface area contributed by atoms with Crippen molar-refractivity contribution in [2.24, 2.45) is 11.8 Å². The second-order valence-corrected chi connectivity index (χ2v) is 7.23. The summed E-state index contributed by atoms with van der Waals surface area (Å²) in [6.45, 7) is 3.91.